The molecule has 1 aromatic heterocycles. The molecule has 2 N–H and O–H groups in total. The molecule has 2 aromatic carbocycles. The Kier molecular flexibility index (Phi) is 5.54. The summed E-state index contributed by atoms with van der Waals surface area (Å²) in [7, 11) is 0. The first-order chi connectivity index (χ1) is 12.2. The molecule has 0 bridgehead atoms. The van der Waals surface area contributed by atoms with E-state index in [1.165, 1.54) is 16.5 Å². The zero-order chi connectivity index (χ0) is 17.6. The summed E-state index contributed by atoms with van der Waals surface area (Å²) in [6.45, 7) is 4.14. The van der Waals surface area contributed by atoms with Gasteiger partial charge in [0.15, 0.2) is 0 Å². The number of H-pyrrole nitrogens is 1. The fraction of sp³-hybridized carbons (Fsp3) is 0.318. The van der Waals surface area contributed by atoms with E-state index in [2.05, 4.69) is 72.8 Å². The molecule has 0 aliphatic carbocycles. The van der Waals surface area contributed by atoms with E-state index in [1.54, 1.807) is 0 Å². The van der Waals surface area contributed by atoms with Crippen LogP contribution >= 0.6 is 0 Å². The van der Waals surface area contributed by atoms with E-state index in [4.69, 9.17) is 0 Å². The Balaban J connectivity index is 1.87. The molecule has 130 valence electrons. The Hall–Kier alpha value is -2.55. The molecule has 2 unspecified atom stereocenters. The first-order valence-electron chi connectivity index (χ1n) is 9.06. The van der Waals surface area contributed by atoms with Gasteiger partial charge in [-0.05, 0) is 42.9 Å². The summed E-state index contributed by atoms with van der Waals surface area (Å²) in [6.07, 6.45) is 4.37. The quantitative estimate of drug-likeness (QED) is 0.640. The molecule has 0 saturated carbocycles. The molecule has 25 heavy (non-hydrogen) atoms. The number of carbonyl (C=O) groups excluding carboxylic acids is 1. The summed E-state index contributed by atoms with van der Waals surface area (Å²) in [5.41, 5.74) is 3.60. The third-order valence-electron chi connectivity index (χ3n) is 4.84. The van der Waals surface area contributed by atoms with Crippen molar-refractivity contribution in [1.29, 1.82) is 0 Å². The van der Waals surface area contributed by atoms with Crippen LogP contribution in [0, 0.1) is 0 Å². The number of fused-ring (bicyclic) bond motifs is 1. The van der Waals surface area contributed by atoms with Gasteiger partial charge in [0.2, 0.25) is 5.91 Å². The van der Waals surface area contributed by atoms with Crippen LogP contribution in [-0.4, -0.2) is 16.9 Å². The Bertz CT molecular complexity index is 822. The van der Waals surface area contributed by atoms with Gasteiger partial charge in [-0.25, -0.2) is 0 Å². The van der Waals surface area contributed by atoms with Gasteiger partial charge >= 0.3 is 0 Å². The van der Waals surface area contributed by atoms with Crippen LogP contribution in [0.1, 0.15) is 43.7 Å². The second kappa shape index (κ2) is 8.02. The molecule has 0 aliphatic heterocycles. The average Bonchev–Trinajstić information content (AvgIpc) is 3.06. The van der Waals surface area contributed by atoms with Crippen LogP contribution in [0.4, 0.5) is 0 Å². The second-order valence-corrected chi connectivity index (χ2v) is 6.76. The van der Waals surface area contributed by atoms with E-state index < -0.39 is 0 Å². The second-order valence-electron chi connectivity index (χ2n) is 6.76. The highest BCUT2D eigenvalue weighted by Crippen LogP contribution is 2.30. The maximum absolute atomic E-state index is 12.5. The lowest BCUT2D eigenvalue weighted by Crippen LogP contribution is -2.33. The normalized spacial score (nSPS) is 13.5. The maximum Gasteiger partial charge on any atom is 0.220 e. The van der Waals surface area contributed by atoms with Crippen molar-refractivity contribution in [3.8, 4) is 0 Å². The SMILES string of the molecule is CCC(C)NC(=O)CC(Cc1ccccc1)c1c[nH]c2ccccc12. The summed E-state index contributed by atoms with van der Waals surface area (Å²) in [4.78, 5) is 15.9. The molecule has 1 amide bonds. The third-order valence-corrected chi connectivity index (χ3v) is 4.84. The highest BCUT2D eigenvalue weighted by atomic mass is 16.1. The Labute approximate surface area is 149 Å². The van der Waals surface area contributed by atoms with Crippen molar-refractivity contribution in [3.05, 3.63) is 71.9 Å². The van der Waals surface area contributed by atoms with E-state index in [0.29, 0.717) is 6.42 Å². The average molecular weight is 334 g/mol. The topological polar surface area (TPSA) is 44.9 Å². The van der Waals surface area contributed by atoms with Crippen molar-refractivity contribution >= 4 is 16.8 Å². The Morgan fingerprint density at radius 2 is 1.80 bits per heavy atom. The van der Waals surface area contributed by atoms with E-state index in [-0.39, 0.29) is 17.9 Å². The zero-order valence-corrected chi connectivity index (χ0v) is 15.0. The number of nitrogens with one attached hydrogen (secondary N) is 2. The number of benzene rings is 2. The smallest absolute Gasteiger partial charge is 0.220 e. The molecule has 2 atom stereocenters. The fourth-order valence-electron chi connectivity index (χ4n) is 3.28. The lowest BCUT2D eigenvalue weighted by molar-refractivity contribution is -0.122. The van der Waals surface area contributed by atoms with Gasteiger partial charge in [0.25, 0.3) is 0 Å². The summed E-state index contributed by atoms with van der Waals surface area (Å²) in [5.74, 6) is 0.281. The van der Waals surface area contributed by atoms with Gasteiger partial charge in [0.05, 0.1) is 0 Å². The largest absolute Gasteiger partial charge is 0.361 e. The van der Waals surface area contributed by atoms with Crippen molar-refractivity contribution in [2.24, 2.45) is 0 Å². The molecule has 3 rings (SSSR count). The molecule has 0 radical (unpaired) electrons. The minimum atomic E-state index is 0.126. The number of rotatable bonds is 7. The first kappa shape index (κ1) is 17.3. The Morgan fingerprint density at radius 3 is 2.56 bits per heavy atom. The van der Waals surface area contributed by atoms with Crippen LogP contribution in [0.15, 0.2) is 60.8 Å². The van der Waals surface area contributed by atoms with E-state index in [9.17, 15) is 4.79 Å². The number of hydrogen-bond donors (Lipinski definition) is 2. The molecular formula is C22H26N2O. The van der Waals surface area contributed by atoms with Crippen LogP contribution in [0.25, 0.3) is 10.9 Å². The maximum atomic E-state index is 12.5. The minimum absolute atomic E-state index is 0.126. The molecule has 0 spiro atoms. The fourth-order valence-corrected chi connectivity index (χ4v) is 3.28. The highest BCUT2D eigenvalue weighted by Gasteiger charge is 2.20. The summed E-state index contributed by atoms with van der Waals surface area (Å²) in [6, 6.07) is 18.9. The zero-order valence-electron chi connectivity index (χ0n) is 15.0. The lowest BCUT2D eigenvalue weighted by Gasteiger charge is -2.18. The summed E-state index contributed by atoms with van der Waals surface area (Å²) in [5, 5.41) is 4.31. The van der Waals surface area contributed by atoms with Gasteiger partial charge in [-0.15, -0.1) is 0 Å². The van der Waals surface area contributed by atoms with Crippen molar-refractivity contribution < 1.29 is 4.79 Å². The predicted molar refractivity (Wildman–Crippen MR) is 104 cm³/mol. The summed E-state index contributed by atoms with van der Waals surface area (Å²) >= 11 is 0. The van der Waals surface area contributed by atoms with Crippen LogP contribution in [0.3, 0.4) is 0 Å². The molecule has 3 aromatic rings. The summed E-state index contributed by atoms with van der Waals surface area (Å²) < 4.78 is 0. The van der Waals surface area contributed by atoms with Gasteiger partial charge in [-0.3, -0.25) is 4.79 Å². The monoisotopic (exact) mass is 334 g/mol. The number of hydrogen-bond acceptors (Lipinski definition) is 1. The van der Waals surface area contributed by atoms with E-state index in [1.807, 2.05) is 12.1 Å². The lowest BCUT2D eigenvalue weighted by atomic mass is 9.88. The van der Waals surface area contributed by atoms with Crippen molar-refractivity contribution in [3.63, 3.8) is 0 Å². The van der Waals surface area contributed by atoms with Crippen LogP contribution in [0.2, 0.25) is 0 Å². The highest BCUT2D eigenvalue weighted by molar-refractivity contribution is 5.85. The van der Waals surface area contributed by atoms with Crippen molar-refractivity contribution in [2.45, 2.75) is 45.1 Å². The molecule has 3 nitrogen and oxygen atoms in total. The number of amides is 1. The van der Waals surface area contributed by atoms with Gasteiger partial charge in [0, 0.05) is 29.6 Å². The molecule has 3 heteroatoms. The first-order valence-corrected chi connectivity index (χ1v) is 9.06. The number of aromatic nitrogens is 1. The van der Waals surface area contributed by atoms with E-state index in [0.717, 1.165) is 18.4 Å². The van der Waals surface area contributed by atoms with Crippen molar-refractivity contribution in [1.82, 2.24) is 10.3 Å². The van der Waals surface area contributed by atoms with Crippen LogP contribution in [0.5, 0.6) is 0 Å². The predicted octanol–water partition coefficient (Wildman–Crippen LogP) is 4.80. The van der Waals surface area contributed by atoms with Crippen LogP contribution in [-0.2, 0) is 11.2 Å². The van der Waals surface area contributed by atoms with Crippen LogP contribution < -0.4 is 5.32 Å². The molecule has 0 saturated heterocycles. The van der Waals surface area contributed by atoms with E-state index >= 15 is 0 Å². The van der Waals surface area contributed by atoms with Crippen molar-refractivity contribution in [2.75, 3.05) is 0 Å². The number of para-hydroxylation sites is 1. The number of aromatic amines is 1. The standard InChI is InChI=1S/C22H26N2O/c1-3-16(2)24-22(25)14-18(13-17-9-5-4-6-10-17)20-15-23-21-12-8-7-11-19(20)21/h4-12,15-16,18,23H,3,13-14H2,1-2H3,(H,24,25). The van der Waals surface area contributed by atoms with Gasteiger partial charge in [0.1, 0.15) is 0 Å². The van der Waals surface area contributed by atoms with Gasteiger partial charge in [-0.2, -0.15) is 0 Å². The minimum Gasteiger partial charge on any atom is -0.361 e. The Morgan fingerprint density at radius 1 is 1.08 bits per heavy atom. The molecule has 0 fully saturated rings. The number of carbonyl (C=O) groups is 1. The van der Waals surface area contributed by atoms with Gasteiger partial charge < -0.3 is 10.3 Å². The molecular weight excluding hydrogens is 308 g/mol. The van der Waals surface area contributed by atoms with Gasteiger partial charge in [-0.1, -0.05) is 55.5 Å². The molecule has 0 aliphatic rings. The molecule has 1 heterocycles. The third kappa shape index (κ3) is 4.30.